The first-order valence-electron chi connectivity index (χ1n) is 4.46. The van der Waals surface area contributed by atoms with Crippen molar-refractivity contribution in [2.75, 3.05) is 7.11 Å². The molecular formula is C10H11BrFNO3. The third-order valence-corrected chi connectivity index (χ3v) is 2.50. The molecule has 88 valence electrons. The van der Waals surface area contributed by atoms with Gasteiger partial charge in [-0.05, 0) is 12.1 Å². The van der Waals surface area contributed by atoms with Gasteiger partial charge in [-0.15, -0.1) is 0 Å². The fourth-order valence-electron chi connectivity index (χ4n) is 1.30. The van der Waals surface area contributed by atoms with Crippen molar-refractivity contribution in [1.82, 2.24) is 0 Å². The van der Waals surface area contributed by atoms with Gasteiger partial charge in [0.05, 0.1) is 13.5 Å². The lowest BCUT2D eigenvalue weighted by Crippen LogP contribution is -2.16. The number of hydrogen-bond donors (Lipinski definition) is 2. The topological polar surface area (TPSA) is 72.5 Å². The Morgan fingerprint density at radius 1 is 1.69 bits per heavy atom. The van der Waals surface area contributed by atoms with Crippen LogP contribution in [0.3, 0.4) is 0 Å². The third-order valence-electron chi connectivity index (χ3n) is 2.05. The molecule has 1 atom stereocenters. The Hall–Kier alpha value is -1.14. The number of carbonyl (C=O) groups is 1. The molecule has 0 saturated carbocycles. The van der Waals surface area contributed by atoms with Gasteiger partial charge in [0.25, 0.3) is 0 Å². The van der Waals surface area contributed by atoms with Gasteiger partial charge in [0.2, 0.25) is 0 Å². The van der Waals surface area contributed by atoms with Crippen LogP contribution >= 0.6 is 15.9 Å². The fraction of sp³-hybridized carbons (Fsp3) is 0.300. The Bertz CT molecular complexity index is 411. The molecule has 1 aromatic rings. The minimum absolute atomic E-state index is 0.0326. The highest BCUT2D eigenvalue weighted by molar-refractivity contribution is 9.10. The van der Waals surface area contributed by atoms with E-state index >= 15 is 0 Å². The van der Waals surface area contributed by atoms with Crippen LogP contribution in [0, 0.1) is 5.82 Å². The van der Waals surface area contributed by atoms with Crippen LogP contribution in [0.15, 0.2) is 16.6 Å². The van der Waals surface area contributed by atoms with Crippen LogP contribution in [0.1, 0.15) is 18.0 Å². The van der Waals surface area contributed by atoms with Gasteiger partial charge in [-0.25, -0.2) is 4.39 Å². The zero-order chi connectivity index (χ0) is 12.3. The quantitative estimate of drug-likeness (QED) is 0.891. The molecule has 16 heavy (non-hydrogen) atoms. The predicted molar refractivity (Wildman–Crippen MR) is 59.8 cm³/mol. The summed E-state index contributed by atoms with van der Waals surface area (Å²) in [6.07, 6.45) is -0.337. The molecule has 0 aliphatic heterocycles. The van der Waals surface area contributed by atoms with E-state index in [0.29, 0.717) is 4.47 Å². The second-order valence-corrected chi connectivity index (χ2v) is 4.13. The molecule has 1 aromatic carbocycles. The van der Waals surface area contributed by atoms with Gasteiger partial charge in [-0.1, -0.05) is 15.9 Å². The first-order valence-corrected chi connectivity index (χ1v) is 5.25. The first kappa shape index (κ1) is 12.9. The van der Waals surface area contributed by atoms with Crippen LogP contribution < -0.4 is 10.5 Å². The first-order chi connectivity index (χ1) is 7.45. The van der Waals surface area contributed by atoms with Crippen LogP contribution in [-0.4, -0.2) is 18.2 Å². The molecular weight excluding hydrogens is 281 g/mol. The van der Waals surface area contributed by atoms with Crippen molar-refractivity contribution < 1.29 is 19.0 Å². The Labute approximate surface area is 100 Å². The van der Waals surface area contributed by atoms with Gasteiger partial charge in [0.15, 0.2) is 11.6 Å². The number of rotatable bonds is 4. The van der Waals surface area contributed by atoms with E-state index in [0.717, 1.165) is 0 Å². The van der Waals surface area contributed by atoms with Gasteiger partial charge in [0, 0.05) is 16.1 Å². The number of nitrogens with two attached hydrogens (primary N) is 1. The van der Waals surface area contributed by atoms with Crippen LogP contribution in [0.5, 0.6) is 5.75 Å². The number of carboxylic acids is 1. The lowest BCUT2D eigenvalue weighted by molar-refractivity contribution is -0.137. The lowest BCUT2D eigenvalue weighted by Gasteiger charge is -2.13. The summed E-state index contributed by atoms with van der Waals surface area (Å²) >= 11 is 3.17. The summed E-state index contributed by atoms with van der Waals surface area (Å²) in [4.78, 5) is 10.5. The van der Waals surface area contributed by atoms with Crippen molar-refractivity contribution in [1.29, 1.82) is 0 Å². The summed E-state index contributed by atoms with van der Waals surface area (Å²) in [6, 6.07) is 2.00. The SMILES string of the molecule is COc1cc(Br)cc(C(N)CC(=O)O)c1F. The third kappa shape index (κ3) is 2.93. The monoisotopic (exact) mass is 291 g/mol. The van der Waals surface area contributed by atoms with E-state index in [4.69, 9.17) is 15.6 Å². The molecule has 1 rings (SSSR count). The fourth-order valence-corrected chi connectivity index (χ4v) is 1.76. The number of benzene rings is 1. The smallest absolute Gasteiger partial charge is 0.305 e. The molecule has 3 N–H and O–H groups in total. The van der Waals surface area contributed by atoms with E-state index in [1.165, 1.54) is 19.2 Å². The Morgan fingerprint density at radius 2 is 2.31 bits per heavy atom. The molecule has 0 spiro atoms. The average Bonchev–Trinajstić information content (AvgIpc) is 2.19. The van der Waals surface area contributed by atoms with Crippen molar-refractivity contribution in [2.45, 2.75) is 12.5 Å². The summed E-state index contributed by atoms with van der Waals surface area (Å²) in [6.45, 7) is 0. The van der Waals surface area contributed by atoms with E-state index < -0.39 is 17.8 Å². The van der Waals surface area contributed by atoms with Crippen molar-refractivity contribution in [3.8, 4) is 5.75 Å². The highest BCUT2D eigenvalue weighted by Gasteiger charge is 2.18. The molecule has 0 heterocycles. The van der Waals surface area contributed by atoms with Gasteiger partial charge in [0.1, 0.15) is 0 Å². The molecule has 1 unspecified atom stereocenters. The van der Waals surface area contributed by atoms with Crippen LogP contribution in [0.4, 0.5) is 4.39 Å². The van der Waals surface area contributed by atoms with Crippen LogP contribution in [0.2, 0.25) is 0 Å². The summed E-state index contributed by atoms with van der Waals surface area (Å²) in [5.41, 5.74) is 5.71. The van der Waals surface area contributed by atoms with E-state index in [-0.39, 0.29) is 17.7 Å². The highest BCUT2D eigenvalue weighted by atomic mass is 79.9. The molecule has 0 bridgehead atoms. The number of carboxylic acid groups (broad SMARTS) is 1. The largest absolute Gasteiger partial charge is 0.494 e. The number of hydrogen-bond acceptors (Lipinski definition) is 3. The van der Waals surface area contributed by atoms with Crippen LogP contribution in [0.25, 0.3) is 0 Å². The van der Waals surface area contributed by atoms with E-state index in [1.54, 1.807) is 0 Å². The minimum atomic E-state index is -1.08. The number of halogens is 2. The molecule has 0 aliphatic rings. The molecule has 0 saturated heterocycles. The maximum Gasteiger partial charge on any atom is 0.305 e. The van der Waals surface area contributed by atoms with Gasteiger partial charge in [-0.2, -0.15) is 0 Å². The van der Waals surface area contributed by atoms with Gasteiger partial charge in [-0.3, -0.25) is 4.79 Å². The highest BCUT2D eigenvalue weighted by Crippen LogP contribution is 2.30. The zero-order valence-electron chi connectivity index (χ0n) is 8.54. The Morgan fingerprint density at radius 3 is 2.81 bits per heavy atom. The standard InChI is InChI=1S/C10H11BrFNO3/c1-16-8-3-5(11)2-6(10(8)12)7(13)4-9(14)15/h2-3,7H,4,13H2,1H3,(H,14,15). The Balaban J connectivity index is 3.12. The van der Waals surface area contributed by atoms with Gasteiger partial charge < -0.3 is 15.6 Å². The van der Waals surface area contributed by atoms with Crippen molar-refractivity contribution in [3.63, 3.8) is 0 Å². The van der Waals surface area contributed by atoms with Crippen molar-refractivity contribution >= 4 is 21.9 Å². The van der Waals surface area contributed by atoms with E-state index in [9.17, 15) is 9.18 Å². The van der Waals surface area contributed by atoms with Crippen molar-refractivity contribution in [3.05, 3.63) is 28.0 Å². The maximum absolute atomic E-state index is 13.7. The number of methoxy groups -OCH3 is 1. The number of aliphatic carboxylic acids is 1. The summed E-state index contributed by atoms with van der Waals surface area (Å²) in [7, 11) is 1.33. The normalized spacial score (nSPS) is 12.2. The molecule has 0 radical (unpaired) electrons. The van der Waals surface area contributed by atoms with Crippen molar-refractivity contribution in [2.24, 2.45) is 5.73 Å². The zero-order valence-corrected chi connectivity index (χ0v) is 10.1. The van der Waals surface area contributed by atoms with Crippen LogP contribution in [-0.2, 0) is 4.79 Å². The molecule has 6 heteroatoms. The summed E-state index contributed by atoms with van der Waals surface area (Å²) < 4.78 is 19.1. The minimum Gasteiger partial charge on any atom is -0.494 e. The molecule has 0 aliphatic carbocycles. The lowest BCUT2D eigenvalue weighted by atomic mass is 10.0. The second-order valence-electron chi connectivity index (χ2n) is 3.22. The average molecular weight is 292 g/mol. The van der Waals surface area contributed by atoms with E-state index in [1.807, 2.05) is 0 Å². The summed E-state index contributed by atoms with van der Waals surface area (Å²) in [5, 5.41) is 8.59. The van der Waals surface area contributed by atoms with Gasteiger partial charge >= 0.3 is 5.97 Å². The summed E-state index contributed by atoms with van der Waals surface area (Å²) in [5.74, 6) is -1.67. The van der Waals surface area contributed by atoms with E-state index in [2.05, 4.69) is 15.9 Å². The molecule has 4 nitrogen and oxygen atoms in total. The predicted octanol–water partition coefficient (Wildman–Crippen LogP) is 2.07. The molecule has 0 aromatic heterocycles. The molecule has 0 fully saturated rings. The second kappa shape index (κ2) is 5.27. The number of ether oxygens (including phenoxy) is 1. The Kier molecular flexibility index (Phi) is 4.26. The maximum atomic E-state index is 13.7. The molecule has 0 amide bonds.